The largest absolute Gasteiger partial charge is 0.402 e. The molecule has 0 saturated carbocycles. The van der Waals surface area contributed by atoms with E-state index in [1.807, 2.05) is 36.4 Å². The second kappa shape index (κ2) is 9.19. The van der Waals surface area contributed by atoms with Gasteiger partial charge in [0.15, 0.2) is 5.82 Å². The molecule has 7 heteroatoms. The minimum Gasteiger partial charge on any atom is -0.402 e. The number of fused-ring (bicyclic) bond motifs is 2. The fraction of sp³-hybridized carbons (Fsp3) is 0.222. The SMILES string of the molecule is NC1=CC2=C(CC1)c1nc(C(O)c3ccccc3)c(NC(=O)Cc3ccc(F)cc3)nc1CC2. The lowest BCUT2D eigenvalue weighted by Crippen LogP contribution is -2.22. The summed E-state index contributed by atoms with van der Waals surface area (Å²) >= 11 is 0. The number of hydrogen-bond acceptors (Lipinski definition) is 5. The normalized spacial score (nSPS) is 15.8. The van der Waals surface area contributed by atoms with Gasteiger partial charge >= 0.3 is 0 Å². The first-order valence-electron chi connectivity index (χ1n) is 11.3. The summed E-state index contributed by atoms with van der Waals surface area (Å²) < 4.78 is 13.2. The van der Waals surface area contributed by atoms with Crippen molar-refractivity contribution in [1.82, 2.24) is 9.97 Å². The molecule has 6 nitrogen and oxygen atoms in total. The number of allylic oxidation sites excluding steroid dienone is 4. The van der Waals surface area contributed by atoms with E-state index in [0.29, 0.717) is 23.2 Å². The highest BCUT2D eigenvalue weighted by atomic mass is 19.1. The van der Waals surface area contributed by atoms with Gasteiger partial charge < -0.3 is 16.2 Å². The minimum absolute atomic E-state index is 0.0549. The van der Waals surface area contributed by atoms with Gasteiger partial charge in [0.1, 0.15) is 17.6 Å². The molecule has 34 heavy (non-hydrogen) atoms. The lowest BCUT2D eigenvalue weighted by atomic mass is 9.85. The van der Waals surface area contributed by atoms with Crippen molar-refractivity contribution < 1.29 is 14.3 Å². The molecular weight excluding hydrogens is 431 g/mol. The number of aliphatic hydroxyl groups is 1. The molecule has 1 amide bonds. The first-order valence-corrected chi connectivity index (χ1v) is 11.3. The molecule has 0 saturated heterocycles. The van der Waals surface area contributed by atoms with Gasteiger partial charge in [-0.05, 0) is 66.2 Å². The molecule has 1 atom stereocenters. The predicted molar refractivity (Wildman–Crippen MR) is 128 cm³/mol. The Labute approximate surface area is 197 Å². The van der Waals surface area contributed by atoms with Crippen molar-refractivity contribution in [3.05, 3.63) is 106 Å². The van der Waals surface area contributed by atoms with Gasteiger partial charge in [0.2, 0.25) is 5.91 Å². The van der Waals surface area contributed by atoms with E-state index < -0.39 is 6.10 Å². The van der Waals surface area contributed by atoms with E-state index >= 15 is 0 Å². The molecule has 2 aliphatic rings. The predicted octanol–water partition coefficient (Wildman–Crippen LogP) is 4.21. The zero-order valence-corrected chi connectivity index (χ0v) is 18.6. The van der Waals surface area contributed by atoms with Gasteiger partial charge in [-0.1, -0.05) is 42.5 Å². The Balaban J connectivity index is 1.53. The lowest BCUT2D eigenvalue weighted by Gasteiger charge is -2.26. The molecule has 0 bridgehead atoms. The molecule has 3 aromatic rings. The topological polar surface area (TPSA) is 101 Å². The standard InChI is InChI=1S/C27H25FN4O2/c28-19-9-6-16(7-10-19)14-23(33)31-27-25(26(34)17-4-2-1-3-5-17)32-24-21-12-11-20(29)15-18(21)8-13-22(24)30-27/h1-7,9-10,15,26,34H,8,11-14,29H2,(H,30,31,33). The molecule has 2 aromatic carbocycles. The van der Waals surface area contributed by atoms with E-state index in [1.54, 1.807) is 12.1 Å². The zero-order valence-electron chi connectivity index (χ0n) is 18.6. The molecule has 1 heterocycles. The maximum absolute atomic E-state index is 13.2. The van der Waals surface area contributed by atoms with E-state index in [4.69, 9.17) is 15.7 Å². The van der Waals surface area contributed by atoms with Crippen molar-refractivity contribution >= 4 is 17.3 Å². The van der Waals surface area contributed by atoms with Crippen LogP contribution in [0.25, 0.3) is 5.57 Å². The second-order valence-electron chi connectivity index (χ2n) is 8.64. The van der Waals surface area contributed by atoms with E-state index in [2.05, 4.69) is 5.32 Å². The van der Waals surface area contributed by atoms with Crippen molar-refractivity contribution in [2.24, 2.45) is 5.73 Å². The van der Waals surface area contributed by atoms with Gasteiger partial charge in [0.05, 0.1) is 17.8 Å². The highest BCUT2D eigenvalue weighted by Gasteiger charge is 2.28. The molecule has 2 aliphatic carbocycles. The monoisotopic (exact) mass is 456 g/mol. The molecule has 1 aromatic heterocycles. The van der Waals surface area contributed by atoms with E-state index in [1.165, 1.54) is 17.7 Å². The molecule has 0 radical (unpaired) electrons. The number of halogens is 1. The van der Waals surface area contributed by atoms with Gasteiger partial charge in [-0.3, -0.25) is 4.79 Å². The van der Waals surface area contributed by atoms with Crippen LogP contribution in [0.15, 0.2) is 71.9 Å². The van der Waals surface area contributed by atoms with Crippen LogP contribution in [0.1, 0.15) is 53.6 Å². The molecule has 1 unspecified atom stereocenters. The Morgan fingerprint density at radius 2 is 1.79 bits per heavy atom. The van der Waals surface area contributed by atoms with Gasteiger partial charge in [-0.2, -0.15) is 0 Å². The lowest BCUT2D eigenvalue weighted by molar-refractivity contribution is -0.115. The summed E-state index contributed by atoms with van der Waals surface area (Å²) in [6.07, 6.45) is 4.03. The average Bonchev–Trinajstić information content (AvgIpc) is 2.85. The van der Waals surface area contributed by atoms with Crippen LogP contribution in [0.3, 0.4) is 0 Å². The third-order valence-electron chi connectivity index (χ3n) is 6.23. The number of nitrogens with two attached hydrogens (primary N) is 1. The molecule has 4 N–H and O–H groups in total. The van der Waals surface area contributed by atoms with E-state index in [0.717, 1.165) is 41.9 Å². The molecule has 5 rings (SSSR count). The number of hydrogen-bond donors (Lipinski definition) is 3. The number of nitrogens with one attached hydrogen (secondary N) is 1. The van der Waals surface area contributed by atoms with E-state index in [9.17, 15) is 14.3 Å². The van der Waals surface area contributed by atoms with Gasteiger partial charge in [-0.15, -0.1) is 0 Å². The Kier molecular flexibility index (Phi) is 5.94. The van der Waals surface area contributed by atoms with Gasteiger partial charge in [-0.25, -0.2) is 14.4 Å². The van der Waals surface area contributed by atoms with E-state index in [-0.39, 0.29) is 24.0 Å². The number of amides is 1. The van der Waals surface area contributed by atoms with Crippen LogP contribution >= 0.6 is 0 Å². The number of benzene rings is 2. The van der Waals surface area contributed by atoms with Crippen LogP contribution in [0, 0.1) is 5.82 Å². The number of aryl methyl sites for hydroxylation is 1. The zero-order chi connectivity index (χ0) is 23.7. The summed E-state index contributed by atoms with van der Waals surface area (Å²) in [6, 6.07) is 15.0. The van der Waals surface area contributed by atoms with Crippen molar-refractivity contribution in [3.8, 4) is 0 Å². The number of carbonyl (C=O) groups excluding carboxylic acids is 1. The quantitative estimate of drug-likeness (QED) is 0.534. The molecule has 0 fully saturated rings. The average molecular weight is 457 g/mol. The van der Waals surface area contributed by atoms with Gasteiger partial charge in [0.25, 0.3) is 0 Å². The maximum atomic E-state index is 13.2. The summed E-state index contributed by atoms with van der Waals surface area (Å²) in [7, 11) is 0. The number of rotatable bonds is 5. The van der Waals surface area contributed by atoms with Crippen molar-refractivity contribution in [2.75, 3.05) is 5.32 Å². The summed E-state index contributed by atoms with van der Waals surface area (Å²) in [6.45, 7) is 0. The first kappa shape index (κ1) is 22.0. The number of carbonyl (C=O) groups is 1. The Morgan fingerprint density at radius 1 is 1.03 bits per heavy atom. The summed E-state index contributed by atoms with van der Waals surface area (Å²) in [5, 5.41) is 14.0. The van der Waals surface area contributed by atoms with Crippen LogP contribution in [-0.2, 0) is 17.6 Å². The highest BCUT2D eigenvalue weighted by Crippen LogP contribution is 2.39. The van der Waals surface area contributed by atoms with Crippen LogP contribution in [0.4, 0.5) is 10.2 Å². The Hall–Kier alpha value is -3.84. The third kappa shape index (κ3) is 4.47. The number of aliphatic hydroxyl groups excluding tert-OH is 1. The number of anilines is 1. The highest BCUT2D eigenvalue weighted by molar-refractivity contribution is 5.92. The van der Waals surface area contributed by atoms with Crippen molar-refractivity contribution in [3.63, 3.8) is 0 Å². The Morgan fingerprint density at radius 3 is 2.56 bits per heavy atom. The number of nitrogens with zero attached hydrogens (tertiary/aromatic N) is 2. The van der Waals surface area contributed by atoms with Gasteiger partial charge in [0, 0.05) is 5.70 Å². The molecular formula is C27H25FN4O2. The van der Waals surface area contributed by atoms with Crippen LogP contribution < -0.4 is 11.1 Å². The van der Waals surface area contributed by atoms with Crippen molar-refractivity contribution in [1.29, 1.82) is 0 Å². The summed E-state index contributed by atoms with van der Waals surface area (Å²) in [5.41, 5.74) is 12.4. The van der Waals surface area contributed by atoms with Crippen LogP contribution in [0.5, 0.6) is 0 Å². The number of aromatic nitrogens is 2. The third-order valence-corrected chi connectivity index (χ3v) is 6.23. The fourth-order valence-electron chi connectivity index (χ4n) is 4.50. The smallest absolute Gasteiger partial charge is 0.229 e. The minimum atomic E-state index is -1.06. The molecule has 0 spiro atoms. The van der Waals surface area contributed by atoms with Crippen molar-refractivity contribution in [2.45, 2.75) is 38.2 Å². The van der Waals surface area contributed by atoms with Crippen LogP contribution in [-0.4, -0.2) is 21.0 Å². The molecule has 0 aliphatic heterocycles. The summed E-state index contributed by atoms with van der Waals surface area (Å²) in [4.78, 5) is 22.5. The maximum Gasteiger partial charge on any atom is 0.229 e. The molecule has 172 valence electrons. The fourth-order valence-corrected chi connectivity index (χ4v) is 4.50. The Bertz CT molecular complexity index is 1300. The second-order valence-corrected chi connectivity index (χ2v) is 8.64. The first-order chi connectivity index (χ1) is 16.5. The van der Waals surface area contributed by atoms with Crippen LogP contribution in [0.2, 0.25) is 0 Å². The summed E-state index contributed by atoms with van der Waals surface area (Å²) in [5.74, 6) is -0.422.